The summed E-state index contributed by atoms with van der Waals surface area (Å²) in [7, 11) is 0. The lowest BCUT2D eigenvalue weighted by Gasteiger charge is -2.35. The summed E-state index contributed by atoms with van der Waals surface area (Å²) in [5, 5.41) is 3.68. The number of rotatable bonds is 5. The first-order chi connectivity index (χ1) is 14.1. The molecule has 8 nitrogen and oxygen atoms in total. The normalized spacial score (nSPS) is 14.9. The van der Waals surface area contributed by atoms with Gasteiger partial charge in [-0.05, 0) is 31.2 Å². The molecule has 1 aliphatic heterocycles. The highest BCUT2D eigenvalue weighted by molar-refractivity contribution is 5.94. The van der Waals surface area contributed by atoms with Crippen LogP contribution in [-0.2, 0) is 6.54 Å². The smallest absolute Gasteiger partial charge is 0.252 e. The van der Waals surface area contributed by atoms with Gasteiger partial charge in [0.05, 0.1) is 17.6 Å². The number of nitrogens with two attached hydrogens (primary N) is 1. The number of hydrogen-bond acceptors (Lipinski definition) is 7. The summed E-state index contributed by atoms with van der Waals surface area (Å²) in [4.78, 5) is 30.0. The third-order valence-electron chi connectivity index (χ3n) is 5.09. The Morgan fingerprint density at radius 3 is 2.62 bits per heavy atom. The van der Waals surface area contributed by atoms with Gasteiger partial charge in [0.2, 0.25) is 0 Å². The van der Waals surface area contributed by atoms with Gasteiger partial charge in [0, 0.05) is 44.3 Å². The molecule has 29 heavy (non-hydrogen) atoms. The van der Waals surface area contributed by atoms with Gasteiger partial charge in [-0.25, -0.2) is 15.0 Å². The number of para-hydroxylation sites is 1. The Morgan fingerprint density at radius 2 is 1.90 bits per heavy atom. The van der Waals surface area contributed by atoms with E-state index in [0.29, 0.717) is 24.5 Å². The third-order valence-corrected chi connectivity index (χ3v) is 5.09. The van der Waals surface area contributed by atoms with Crippen molar-refractivity contribution in [1.82, 2.24) is 25.2 Å². The maximum Gasteiger partial charge on any atom is 0.252 e. The van der Waals surface area contributed by atoms with Gasteiger partial charge in [-0.3, -0.25) is 9.69 Å². The molecule has 1 aromatic carbocycles. The van der Waals surface area contributed by atoms with E-state index >= 15 is 0 Å². The van der Waals surface area contributed by atoms with Crippen LogP contribution in [0.3, 0.4) is 0 Å². The summed E-state index contributed by atoms with van der Waals surface area (Å²) < 4.78 is 0. The third kappa shape index (κ3) is 4.27. The predicted molar refractivity (Wildman–Crippen MR) is 114 cm³/mol. The average molecular weight is 391 g/mol. The highest BCUT2D eigenvalue weighted by atomic mass is 16.1. The molecule has 1 amide bonds. The van der Waals surface area contributed by atoms with Crippen molar-refractivity contribution < 1.29 is 4.79 Å². The summed E-state index contributed by atoms with van der Waals surface area (Å²) in [5.41, 5.74) is 7.56. The molecule has 1 aliphatic rings. The number of amides is 1. The van der Waals surface area contributed by atoms with Crippen LogP contribution in [0.15, 0.2) is 42.6 Å². The van der Waals surface area contributed by atoms with E-state index in [4.69, 9.17) is 5.73 Å². The molecule has 3 heterocycles. The van der Waals surface area contributed by atoms with Gasteiger partial charge in [-0.2, -0.15) is 0 Å². The van der Waals surface area contributed by atoms with E-state index < -0.39 is 0 Å². The lowest BCUT2D eigenvalue weighted by Crippen LogP contribution is -2.46. The van der Waals surface area contributed by atoms with Crippen LogP contribution in [0.5, 0.6) is 0 Å². The van der Waals surface area contributed by atoms with E-state index in [9.17, 15) is 4.79 Å². The number of nitrogen functional groups attached to an aromatic ring is 1. The summed E-state index contributed by atoms with van der Waals surface area (Å²) in [6.45, 7) is 6.66. The molecule has 0 aliphatic carbocycles. The number of fused-ring (bicyclic) bond motifs is 1. The predicted octanol–water partition coefficient (Wildman–Crippen LogP) is 1.68. The maximum atomic E-state index is 11.9. The number of piperazine rings is 1. The van der Waals surface area contributed by atoms with Crippen LogP contribution in [0, 0.1) is 0 Å². The molecule has 0 unspecified atom stereocenters. The number of pyridine rings is 1. The van der Waals surface area contributed by atoms with Gasteiger partial charge in [-0.15, -0.1) is 0 Å². The monoisotopic (exact) mass is 391 g/mol. The van der Waals surface area contributed by atoms with Crippen molar-refractivity contribution >= 4 is 28.4 Å². The van der Waals surface area contributed by atoms with Crippen molar-refractivity contribution in [3.05, 3.63) is 54.0 Å². The van der Waals surface area contributed by atoms with Crippen molar-refractivity contribution in [3.63, 3.8) is 0 Å². The molecule has 1 saturated heterocycles. The van der Waals surface area contributed by atoms with Gasteiger partial charge in [0.25, 0.3) is 5.91 Å². The van der Waals surface area contributed by atoms with E-state index in [2.05, 4.69) is 30.1 Å². The van der Waals surface area contributed by atoms with Gasteiger partial charge in [0.1, 0.15) is 17.5 Å². The zero-order valence-corrected chi connectivity index (χ0v) is 16.5. The molecule has 0 saturated carbocycles. The first kappa shape index (κ1) is 19.1. The number of nitrogens with one attached hydrogen (secondary N) is 1. The number of nitrogens with zero attached hydrogens (tertiary/aromatic N) is 5. The molecule has 0 radical (unpaired) electrons. The second kappa shape index (κ2) is 8.40. The zero-order valence-electron chi connectivity index (χ0n) is 16.5. The Hall–Kier alpha value is -3.26. The van der Waals surface area contributed by atoms with E-state index in [-0.39, 0.29) is 5.91 Å². The first-order valence-corrected chi connectivity index (χ1v) is 9.86. The quantitative estimate of drug-likeness (QED) is 0.682. The standard InChI is InChI=1S/C21H25N7O/c1-2-23-21(29)15-7-8-19(24-13-15)28-11-9-27(10-12-28)14-18-25-17-6-4-3-5-16(17)20(22)26-18/h3-8,13H,2,9-12,14H2,1H3,(H,23,29)(H2,22,25,26). The van der Waals surface area contributed by atoms with Gasteiger partial charge < -0.3 is 16.0 Å². The lowest BCUT2D eigenvalue weighted by molar-refractivity contribution is 0.0955. The molecule has 0 atom stereocenters. The van der Waals surface area contributed by atoms with E-state index in [1.54, 1.807) is 6.20 Å². The Morgan fingerprint density at radius 1 is 1.10 bits per heavy atom. The Bertz CT molecular complexity index is 998. The summed E-state index contributed by atoms with van der Waals surface area (Å²) in [6, 6.07) is 11.5. The second-order valence-electron chi connectivity index (χ2n) is 7.07. The number of benzene rings is 1. The minimum atomic E-state index is -0.0916. The number of anilines is 2. The highest BCUT2D eigenvalue weighted by Crippen LogP contribution is 2.19. The number of carbonyl (C=O) groups is 1. The Kier molecular flexibility index (Phi) is 5.53. The molecule has 8 heteroatoms. The van der Waals surface area contributed by atoms with Crippen LogP contribution in [0.2, 0.25) is 0 Å². The molecule has 1 fully saturated rings. The largest absolute Gasteiger partial charge is 0.383 e. The molecule has 0 spiro atoms. The number of aromatic nitrogens is 3. The molecular formula is C21H25N7O. The first-order valence-electron chi connectivity index (χ1n) is 9.86. The SMILES string of the molecule is CCNC(=O)c1ccc(N2CCN(Cc3nc(N)c4ccccc4n3)CC2)nc1. The lowest BCUT2D eigenvalue weighted by atomic mass is 10.2. The van der Waals surface area contributed by atoms with Crippen LogP contribution in [-0.4, -0.2) is 58.5 Å². The topological polar surface area (TPSA) is 100 Å². The molecular weight excluding hydrogens is 366 g/mol. The minimum Gasteiger partial charge on any atom is -0.383 e. The minimum absolute atomic E-state index is 0.0916. The Labute approximate surface area is 169 Å². The van der Waals surface area contributed by atoms with Crippen LogP contribution in [0.4, 0.5) is 11.6 Å². The number of carbonyl (C=O) groups excluding carboxylic acids is 1. The summed E-state index contributed by atoms with van der Waals surface area (Å²) >= 11 is 0. The van der Waals surface area contributed by atoms with Crippen molar-refractivity contribution in [3.8, 4) is 0 Å². The van der Waals surface area contributed by atoms with E-state index in [0.717, 1.165) is 48.7 Å². The van der Waals surface area contributed by atoms with Crippen LogP contribution in [0.1, 0.15) is 23.1 Å². The Balaban J connectivity index is 1.37. The molecule has 0 bridgehead atoms. The highest BCUT2D eigenvalue weighted by Gasteiger charge is 2.19. The number of hydrogen-bond donors (Lipinski definition) is 2. The molecule has 2 aromatic heterocycles. The van der Waals surface area contributed by atoms with Gasteiger partial charge >= 0.3 is 0 Å². The van der Waals surface area contributed by atoms with Crippen LogP contribution in [0.25, 0.3) is 10.9 Å². The van der Waals surface area contributed by atoms with Crippen molar-refractivity contribution in [2.24, 2.45) is 0 Å². The fourth-order valence-electron chi connectivity index (χ4n) is 3.53. The van der Waals surface area contributed by atoms with E-state index in [1.165, 1.54) is 0 Å². The fraction of sp³-hybridized carbons (Fsp3) is 0.333. The molecule has 150 valence electrons. The second-order valence-corrected chi connectivity index (χ2v) is 7.07. The summed E-state index contributed by atoms with van der Waals surface area (Å²) in [6.07, 6.45) is 1.64. The molecule has 3 N–H and O–H groups in total. The summed E-state index contributed by atoms with van der Waals surface area (Å²) in [5.74, 6) is 2.08. The van der Waals surface area contributed by atoms with Crippen molar-refractivity contribution in [2.45, 2.75) is 13.5 Å². The van der Waals surface area contributed by atoms with E-state index in [1.807, 2.05) is 43.3 Å². The van der Waals surface area contributed by atoms with Crippen molar-refractivity contribution in [1.29, 1.82) is 0 Å². The maximum absolute atomic E-state index is 11.9. The molecule has 4 rings (SSSR count). The fourth-order valence-corrected chi connectivity index (χ4v) is 3.53. The van der Waals surface area contributed by atoms with Crippen LogP contribution < -0.4 is 16.0 Å². The zero-order chi connectivity index (χ0) is 20.2. The van der Waals surface area contributed by atoms with Crippen molar-refractivity contribution in [2.75, 3.05) is 43.4 Å². The van der Waals surface area contributed by atoms with Gasteiger partial charge in [-0.1, -0.05) is 12.1 Å². The van der Waals surface area contributed by atoms with Gasteiger partial charge in [0.15, 0.2) is 0 Å². The van der Waals surface area contributed by atoms with Crippen LogP contribution >= 0.6 is 0 Å². The average Bonchev–Trinajstić information content (AvgIpc) is 2.75. The molecule has 3 aromatic rings.